The average molecular weight is 369 g/mol. The number of halogens is 1. The molecule has 4 rings (SSSR count). The Labute approximate surface area is 160 Å². The third-order valence-electron chi connectivity index (χ3n) is 5.85. The second kappa shape index (κ2) is 7.33. The summed E-state index contributed by atoms with van der Waals surface area (Å²) < 4.78 is 16.1. The van der Waals surface area contributed by atoms with Crippen LogP contribution in [-0.2, 0) is 12.5 Å². The van der Waals surface area contributed by atoms with Crippen molar-refractivity contribution in [3.05, 3.63) is 53.6 Å². The van der Waals surface area contributed by atoms with Gasteiger partial charge in [0.15, 0.2) is 5.96 Å². The van der Waals surface area contributed by atoms with E-state index in [0.717, 1.165) is 50.4 Å². The van der Waals surface area contributed by atoms with Gasteiger partial charge < -0.3 is 10.2 Å². The maximum absolute atomic E-state index is 14.3. The third-order valence-corrected chi connectivity index (χ3v) is 5.85. The normalized spacial score (nSPS) is 21.5. The molecule has 144 valence electrons. The van der Waals surface area contributed by atoms with Crippen LogP contribution in [0, 0.1) is 5.82 Å². The lowest BCUT2D eigenvalue weighted by Gasteiger charge is -2.23. The second-order valence-electron chi connectivity index (χ2n) is 7.81. The van der Waals surface area contributed by atoms with E-state index < -0.39 is 0 Å². The van der Waals surface area contributed by atoms with Crippen molar-refractivity contribution in [3.63, 3.8) is 0 Å². The summed E-state index contributed by atoms with van der Waals surface area (Å²) in [6, 6.07) is 7.15. The number of aryl methyl sites for hydroxylation is 1. The van der Waals surface area contributed by atoms with E-state index in [1.807, 2.05) is 30.1 Å². The molecule has 27 heavy (non-hydrogen) atoms. The predicted molar refractivity (Wildman–Crippen MR) is 105 cm³/mol. The van der Waals surface area contributed by atoms with Crippen LogP contribution in [0.1, 0.15) is 43.2 Å². The molecular weight excluding hydrogens is 341 g/mol. The van der Waals surface area contributed by atoms with E-state index in [0.29, 0.717) is 12.5 Å². The van der Waals surface area contributed by atoms with Crippen molar-refractivity contribution < 1.29 is 4.39 Å². The highest BCUT2D eigenvalue weighted by Crippen LogP contribution is 2.49. The molecular formula is C21H28FN5. The lowest BCUT2D eigenvalue weighted by molar-refractivity contribution is 0.482. The van der Waals surface area contributed by atoms with Gasteiger partial charge in [-0.05, 0) is 43.4 Å². The number of benzene rings is 1. The van der Waals surface area contributed by atoms with Crippen LogP contribution < -0.4 is 5.32 Å². The first kappa shape index (κ1) is 18.0. The number of likely N-dealkylation sites (tertiary alicyclic amines) is 1. The molecule has 6 heteroatoms. The summed E-state index contributed by atoms with van der Waals surface area (Å²) in [6.07, 6.45) is 7.20. The van der Waals surface area contributed by atoms with Crippen LogP contribution in [0.5, 0.6) is 0 Å². The highest BCUT2D eigenvalue weighted by Gasteiger charge is 2.46. The highest BCUT2D eigenvalue weighted by molar-refractivity contribution is 5.80. The molecule has 1 unspecified atom stereocenters. The maximum Gasteiger partial charge on any atom is 0.193 e. The minimum atomic E-state index is -0.117. The first-order valence-electron chi connectivity index (χ1n) is 9.88. The summed E-state index contributed by atoms with van der Waals surface area (Å²) in [5.41, 5.74) is 1.99. The van der Waals surface area contributed by atoms with Crippen LogP contribution in [0.15, 0.2) is 41.7 Å². The molecule has 2 fully saturated rings. The van der Waals surface area contributed by atoms with Crippen molar-refractivity contribution in [3.8, 4) is 0 Å². The second-order valence-corrected chi connectivity index (χ2v) is 7.81. The van der Waals surface area contributed by atoms with Gasteiger partial charge in [0, 0.05) is 44.2 Å². The molecule has 1 aliphatic heterocycles. The summed E-state index contributed by atoms with van der Waals surface area (Å²) in [7, 11) is 1.96. The Kier molecular flexibility index (Phi) is 4.89. The van der Waals surface area contributed by atoms with Gasteiger partial charge in [-0.25, -0.2) is 4.39 Å². The Hall–Kier alpha value is -2.37. The molecule has 1 atom stereocenters. The maximum atomic E-state index is 14.3. The fourth-order valence-corrected chi connectivity index (χ4v) is 4.08. The minimum absolute atomic E-state index is 0.104. The molecule has 0 amide bonds. The summed E-state index contributed by atoms with van der Waals surface area (Å²) in [4.78, 5) is 7.26. The Morgan fingerprint density at radius 1 is 1.37 bits per heavy atom. The lowest BCUT2D eigenvalue weighted by Crippen LogP contribution is -2.40. The lowest BCUT2D eigenvalue weighted by atomic mass is 9.95. The summed E-state index contributed by atoms with van der Waals surface area (Å²) in [5, 5.41) is 7.73. The number of aromatic nitrogens is 2. The van der Waals surface area contributed by atoms with Gasteiger partial charge in [0.2, 0.25) is 0 Å². The molecule has 0 bridgehead atoms. The van der Waals surface area contributed by atoms with Crippen LogP contribution in [0.2, 0.25) is 0 Å². The Balaban J connectivity index is 1.47. The molecule has 2 aromatic rings. The SMILES string of the molecule is CCNC(=NCC1(c2ccccc2F)CC1)N1CCC(c2cnn(C)c2)C1. The topological polar surface area (TPSA) is 45.5 Å². The first-order chi connectivity index (χ1) is 13.1. The van der Waals surface area contributed by atoms with Crippen LogP contribution >= 0.6 is 0 Å². The number of guanidine groups is 1. The zero-order valence-corrected chi connectivity index (χ0v) is 16.2. The largest absolute Gasteiger partial charge is 0.357 e. The molecule has 1 saturated carbocycles. The minimum Gasteiger partial charge on any atom is -0.357 e. The highest BCUT2D eigenvalue weighted by atomic mass is 19.1. The van der Waals surface area contributed by atoms with Crippen molar-refractivity contribution in [1.82, 2.24) is 20.0 Å². The van der Waals surface area contributed by atoms with Gasteiger partial charge >= 0.3 is 0 Å². The standard InChI is InChI=1S/C21H28FN5/c1-3-23-20(27-11-8-16(14-27)17-12-25-26(2)13-17)24-15-21(9-10-21)18-6-4-5-7-19(18)22/h4-7,12-13,16H,3,8-11,14-15H2,1-2H3,(H,23,24). The zero-order chi connectivity index (χ0) is 18.9. The fourth-order valence-electron chi connectivity index (χ4n) is 4.08. The number of hydrogen-bond donors (Lipinski definition) is 1. The fraction of sp³-hybridized carbons (Fsp3) is 0.524. The van der Waals surface area contributed by atoms with Crippen LogP contribution in [-0.4, -0.2) is 46.8 Å². The third kappa shape index (κ3) is 3.70. The molecule has 1 aromatic heterocycles. The van der Waals surface area contributed by atoms with E-state index >= 15 is 0 Å². The number of rotatable bonds is 5. The quantitative estimate of drug-likeness (QED) is 0.651. The van der Waals surface area contributed by atoms with Gasteiger partial charge in [-0.1, -0.05) is 18.2 Å². The van der Waals surface area contributed by atoms with E-state index in [1.165, 1.54) is 5.56 Å². The molecule has 2 heterocycles. The van der Waals surface area contributed by atoms with Gasteiger partial charge in [0.25, 0.3) is 0 Å². The predicted octanol–water partition coefficient (Wildman–Crippen LogP) is 3.05. The average Bonchev–Trinajstić information content (AvgIpc) is 3.07. The summed E-state index contributed by atoms with van der Waals surface area (Å²) >= 11 is 0. The van der Waals surface area contributed by atoms with Gasteiger partial charge in [-0.3, -0.25) is 9.67 Å². The van der Waals surface area contributed by atoms with Crippen molar-refractivity contribution in [2.75, 3.05) is 26.2 Å². The van der Waals surface area contributed by atoms with Gasteiger partial charge in [-0.15, -0.1) is 0 Å². The number of hydrogen-bond acceptors (Lipinski definition) is 2. The summed E-state index contributed by atoms with van der Waals surface area (Å²) in [5.74, 6) is 1.34. The Morgan fingerprint density at radius 2 is 2.19 bits per heavy atom. The molecule has 0 radical (unpaired) electrons. The smallest absolute Gasteiger partial charge is 0.193 e. The molecule has 1 N–H and O–H groups in total. The van der Waals surface area contributed by atoms with Gasteiger partial charge in [0.1, 0.15) is 5.82 Å². The monoisotopic (exact) mass is 369 g/mol. The van der Waals surface area contributed by atoms with Crippen LogP contribution in [0.3, 0.4) is 0 Å². The van der Waals surface area contributed by atoms with E-state index in [9.17, 15) is 4.39 Å². The van der Waals surface area contributed by atoms with E-state index in [-0.39, 0.29) is 11.2 Å². The summed E-state index contributed by atoms with van der Waals surface area (Å²) in [6.45, 7) is 5.50. The van der Waals surface area contributed by atoms with Crippen LogP contribution in [0.4, 0.5) is 4.39 Å². The van der Waals surface area contributed by atoms with Crippen molar-refractivity contribution in [1.29, 1.82) is 0 Å². The molecule has 1 aromatic carbocycles. The number of nitrogens with zero attached hydrogens (tertiary/aromatic N) is 4. The zero-order valence-electron chi connectivity index (χ0n) is 16.2. The van der Waals surface area contributed by atoms with Gasteiger partial charge in [-0.2, -0.15) is 5.10 Å². The molecule has 1 aliphatic carbocycles. The Morgan fingerprint density at radius 3 is 2.85 bits per heavy atom. The van der Waals surface area contributed by atoms with Crippen molar-refractivity contribution in [2.24, 2.45) is 12.0 Å². The molecule has 0 spiro atoms. The number of nitrogens with one attached hydrogen (secondary N) is 1. The van der Waals surface area contributed by atoms with Gasteiger partial charge in [0.05, 0.1) is 12.7 Å². The van der Waals surface area contributed by atoms with E-state index in [4.69, 9.17) is 4.99 Å². The van der Waals surface area contributed by atoms with E-state index in [1.54, 1.807) is 12.1 Å². The first-order valence-corrected chi connectivity index (χ1v) is 9.88. The van der Waals surface area contributed by atoms with Crippen molar-refractivity contribution in [2.45, 2.75) is 37.5 Å². The van der Waals surface area contributed by atoms with E-state index in [2.05, 4.69) is 28.4 Å². The van der Waals surface area contributed by atoms with Crippen LogP contribution in [0.25, 0.3) is 0 Å². The van der Waals surface area contributed by atoms with Crippen molar-refractivity contribution >= 4 is 5.96 Å². The molecule has 1 saturated heterocycles. The molecule has 2 aliphatic rings. The number of aliphatic imine (C=N–C) groups is 1. The Bertz CT molecular complexity index is 823. The molecule has 5 nitrogen and oxygen atoms in total.